The van der Waals surface area contributed by atoms with Crippen LogP contribution in [0.4, 0.5) is 0 Å². The maximum absolute atomic E-state index is 5.10. The van der Waals surface area contributed by atoms with Gasteiger partial charge in [-0.05, 0) is 45.3 Å². The van der Waals surface area contributed by atoms with E-state index in [9.17, 15) is 0 Å². The van der Waals surface area contributed by atoms with Crippen molar-refractivity contribution in [1.82, 2.24) is 9.38 Å². The minimum atomic E-state index is 0.0925. The smallest absolute Gasteiger partial charge is 0.147 e. The highest BCUT2D eigenvalue weighted by atomic mass is 15.0. The Hall–Kier alpha value is -3.39. The lowest BCUT2D eigenvalue weighted by molar-refractivity contribution is 0.591. The highest BCUT2D eigenvalue weighted by molar-refractivity contribution is 6.23. The van der Waals surface area contributed by atoms with Crippen molar-refractivity contribution in [2.24, 2.45) is 0 Å². The van der Waals surface area contributed by atoms with E-state index in [1.54, 1.807) is 0 Å². The van der Waals surface area contributed by atoms with Gasteiger partial charge in [0.05, 0.1) is 16.6 Å². The van der Waals surface area contributed by atoms with E-state index >= 15 is 0 Å². The maximum atomic E-state index is 5.10. The predicted molar refractivity (Wildman–Crippen MR) is 124 cm³/mol. The molecule has 0 atom stereocenters. The second-order valence-electron chi connectivity index (χ2n) is 8.95. The molecule has 2 heteroatoms. The number of nitrogens with zero attached hydrogens (tertiary/aromatic N) is 2. The van der Waals surface area contributed by atoms with Gasteiger partial charge in [-0.2, -0.15) is 0 Å². The molecule has 0 aliphatic carbocycles. The standard InChI is InChI=1S/C27H22N2/c1-27(2,3)18-13-15-20-21-14-12-17-8-4-5-9-19(17)25(21)26-28-22-10-6-7-11-23(22)29(26)24(20)16-18/h4-16H,1-3H3. The third-order valence-corrected chi connectivity index (χ3v) is 6.11. The van der Waals surface area contributed by atoms with Crippen LogP contribution in [0.15, 0.2) is 78.9 Å². The summed E-state index contributed by atoms with van der Waals surface area (Å²) in [4.78, 5) is 5.10. The van der Waals surface area contributed by atoms with Crippen molar-refractivity contribution in [2.45, 2.75) is 26.2 Å². The van der Waals surface area contributed by atoms with E-state index < -0.39 is 0 Å². The Morgan fingerprint density at radius 1 is 0.690 bits per heavy atom. The lowest BCUT2D eigenvalue weighted by Gasteiger charge is -2.20. The molecule has 0 fully saturated rings. The molecule has 6 aromatic rings. The normalized spacial score (nSPS) is 12.7. The molecule has 2 nitrogen and oxygen atoms in total. The molecule has 0 saturated heterocycles. The minimum absolute atomic E-state index is 0.0925. The average molecular weight is 374 g/mol. The van der Waals surface area contributed by atoms with Crippen molar-refractivity contribution >= 4 is 49.1 Å². The lowest BCUT2D eigenvalue weighted by Crippen LogP contribution is -2.11. The van der Waals surface area contributed by atoms with Crippen molar-refractivity contribution in [2.75, 3.05) is 0 Å². The summed E-state index contributed by atoms with van der Waals surface area (Å²) in [6, 6.07) is 28.5. The third-order valence-electron chi connectivity index (χ3n) is 6.11. The van der Waals surface area contributed by atoms with Gasteiger partial charge in [-0.1, -0.05) is 81.4 Å². The molecular formula is C27H22N2. The van der Waals surface area contributed by atoms with Crippen LogP contribution in [0.25, 0.3) is 49.1 Å². The zero-order valence-corrected chi connectivity index (χ0v) is 16.9. The summed E-state index contributed by atoms with van der Waals surface area (Å²) in [5, 5.41) is 6.28. The number of fused-ring (bicyclic) bond motifs is 10. The van der Waals surface area contributed by atoms with Gasteiger partial charge in [-0.15, -0.1) is 0 Å². The van der Waals surface area contributed by atoms with E-state index in [1.807, 2.05) is 0 Å². The van der Waals surface area contributed by atoms with Crippen LogP contribution in [0.1, 0.15) is 26.3 Å². The van der Waals surface area contributed by atoms with Gasteiger partial charge in [-0.25, -0.2) is 4.98 Å². The monoisotopic (exact) mass is 374 g/mol. The van der Waals surface area contributed by atoms with E-state index in [-0.39, 0.29) is 5.41 Å². The fraction of sp³-hybridized carbons (Fsp3) is 0.148. The largest absolute Gasteiger partial charge is 0.292 e. The zero-order valence-electron chi connectivity index (χ0n) is 16.9. The molecule has 6 rings (SSSR count). The van der Waals surface area contributed by atoms with E-state index in [1.165, 1.54) is 38.0 Å². The fourth-order valence-corrected chi connectivity index (χ4v) is 4.59. The fourth-order valence-electron chi connectivity index (χ4n) is 4.59. The van der Waals surface area contributed by atoms with Crippen molar-refractivity contribution in [3.8, 4) is 0 Å². The second-order valence-corrected chi connectivity index (χ2v) is 8.95. The van der Waals surface area contributed by atoms with Crippen molar-refractivity contribution in [1.29, 1.82) is 0 Å². The second kappa shape index (κ2) is 5.57. The lowest BCUT2D eigenvalue weighted by atomic mass is 9.86. The third kappa shape index (κ3) is 2.26. The quantitative estimate of drug-likeness (QED) is 0.256. The zero-order chi connectivity index (χ0) is 19.8. The minimum Gasteiger partial charge on any atom is -0.292 e. The van der Waals surface area contributed by atoms with Crippen LogP contribution in [-0.2, 0) is 5.41 Å². The summed E-state index contributed by atoms with van der Waals surface area (Å²) in [6.07, 6.45) is 0. The first-order valence-electron chi connectivity index (χ1n) is 10.2. The molecule has 0 bridgehead atoms. The Balaban J connectivity index is 1.97. The van der Waals surface area contributed by atoms with Crippen molar-refractivity contribution in [3.05, 3.63) is 84.4 Å². The molecule has 0 aliphatic rings. The number of hydrogen-bond acceptors (Lipinski definition) is 1. The molecular weight excluding hydrogens is 352 g/mol. The van der Waals surface area contributed by atoms with Crippen LogP contribution in [-0.4, -0.2) is 9.38 Å². The first-order valence-corrected chi connectivity index (χ1v) is 10.2. The van der Waals surface area contributed by atoms with Crippen LogP contribution < -0.4 is 0 Å². The number of rotatable bonds is 0. The van der Waals surface area contributed by atoms with Gasteiger partial charge >= 0.3 is 0 Å². The van der Waals surface area contributed by atoms with E-state index in [0.29, 0.717) is 0 Å². The van der Waals surface area contributed by atoms with Crippen LogP contribution in [0.3, 0.4) is 0 Å². The molecule has 0 unspecified atom stereocenters. The molecule has 2 heterocycles. The van der Waals surface area contributed by atoms with Gasteiger partial charge in [0.2, 0.25) is 0 Å². The molecule has 4 aromatic carbocycles. The molecule has 0 spiro atoms. The Labute approximate surface area is 169 Å². The first kappa shape index (κ1) is 16.6. The summed E-state index contributed by atoms with van der Waals surface area (Å²) < 4.78 is 2.36. The van der Waals surface area contributed by atoms with Gasteiger partial charge in [0.25, 0.3) is 0 Å². The SMILES string of the molecule is CC(C)(C)c1ccc2c3ccc4ccccc4c3c3nc4ccccc4n3c2c1. The van der Waals surface area contributed by atoms with Crippen molar-refractivity contribution < 1.29 is 0 Å². The molecule has 2 aromatic heterocycles. The molecule has 29 heavy (non-hydrogen) atoms. The highest BCUT2D eigenvalue weighted by Gasteiger charge is 2.19. The Kier molecular flexibility index (Phi) is 3.18. The average Bonchev–Trinajstić information content (AvgIpc) is 3.12. The molecule has 140 valence electrons. The molecule has 0 saturated carbocycles. The van der Waals surface area contributed by atoms with Crippen LogP contribution in [0.5, 0.6) is 0 Å². The Morgan fingerprint density at radius 2 is 1.45 bits per heavy atom. The number of hydrogen-bond donors (Lipinski definition) is 0. The van der Waals surface area contributed by atoms with E-state index in [2.05, 4.69) is 104 Å². The van der Waals surface area contributed by atoms with Crippen molar-refractivity contribution in [3.63, 3.8) is 0 Å². The van der Waals surface area contributed by atoms with Crippen LogP contribution in [0.2, 0.25) is 0 Å². The first-order chi connectivity index (χ1) is 14.0. The van der Waals surface area contributed by atoms with E-state index in [0.717, 1.165) is 16.7 Å². The van der Waals surface area contributed by atoms with Gasteiger partial charge < -0.3 is 0 Å². The summed E-state index contributed by atoms with van der Waals surface area (Å²) >= 11 is 0. The Bertz CT molecular complexity index is 1580. The summed E-state index contributed by atoms with van der Waals surface area (Å²) in [6.45, 7) is 6.81. The highest BCUT2D eigenvalue weighted by Crippen LogP contribution is 2.37. The summed E-state index contributed by atoms with van der Waals surface area (Å²) in [5.41, 5.74) is 5.89. The van der Waals surface area contributed by atoms with E-state index in [4.69, 9.17) is 4.98 Å². The number of aromatic nitrogens is 2. The number of pyridine rings is 1. The number of benzene rings is 4. The molecule has 0 aliphatic heterocycles. The molecule has 0 radical (unpaired) electrons. The van der Waals surface area contributed by atoms with Crippen LogP contribution in [0, 0.1) is 0 Å². The van der Waals surface area contributed by atoms with Crippen LogP contribution >= 0.6 is 0 Å². The van der Waals surface area contributed by atoms with Gasteiger partial charge in [-0.3, -0.25) is 4.40 Å². The molecule has 0 N–H and O–H groups in total. The topological polar surface area (TPSA) is 17.3 Å². The molecule has 0 amide bonds. The predicted octanol–water partition coefficient (Wildman–Crippen LogP) is 7.24. The summed E-state index contributed by atoms with van der Waals surface area (Å²) in [5.74, 6) is 0. The number of imidazole rings is 1. The van der Waals surface area contributed by atoms with Gasteiger partial charge in [0, 0.05) is 10.8 Å². The van der Waals surface area contributed by atoms with Gasteiger partial charge in [0.15, 0.2) is 0 Å². The Morgan fingerprint density at radius 3 is 2.31 bits per heavy atom. The maximum Gasteiger partial charge on any atom is 0.147 e. The van der Waals surface area contributed by atoms with Gasteiger partial charge in [0.1, 0.15) is 5.65 Å². The number of para-hydroxylation sites is 2. The summed E-state index contributed by atoms with van der Waals surface area (Å²) in [7, 11) is 0.